The molecule has 2 rings (SSSR count). The van der Waals surface area contributed by atoms with Gasteiger partial charge in [0.15, 0.2) is 0 Å². The molecule has 0 aliphatic carbocycles. The molecule has 0 bridgehead atoms. The van der Waals surface area contributed by atoms with E-state index in [2.05, 4.69) is 20.6 Å². The lowest BCUT2D eigenvalue weighted by atomic mass is 10.2. The van der Waals surface area contributed by atoms with Gasteiger partial charge in [0.2, 0.25) is 0 Å². The van der Waals surface area contributed by atoms with Gasteiger partial charge in [-0.15, -0.1) is 0 Å². The maximum atomic E-state index is 12.1. The zero-order valence-corrected chi connectivity index (χ0v) is 13.7. The number of para-hydroxylation sites is 1. The van der Waals surface area contributed by atoms with Gasteiger partial charge in [-0.2, -0.15) is 0 Å². The van der Waals surface area contributed by atoms with Crippen LogP contribution in [0.2, 0.25) is 10.0 Å². The highest BCUT2D eigenvalue weighted by Crippen LogP contribution is 2.31. The Morgan fingerprint density at radius 3 is 2.59 bits per heavy atom. The van der Waals surface area contributed by atoms with Gasteiger partial charge in [-0.3, -0.25) is 4.79 Å². The molecule has 1 unspecified atom stereocenters. The number of rotatable bonds is 5. The van der Waals surface area contributed by atoms with E-state index in [1.165, 1.54) is 6.33 Å². The minimum atomic E-state index is -0.245. The fourth-order valence-corrected chi connectivity index (χ4v) is 2.19. The molecule has 22 heavy (non-hydrogen) atoms. The molecule has 0 saturated heterocycles. The summed E-state index contributed by atoms with van der Waals surface area (Å²) in [6.45, 7) is 3.93. The highest BCUT2D eigenvalue weighted by Gasteiger charge is 2.12. The van der Waals surface area contributed by atoms with E-state index in [1.54, 1.807) is 24.3 Å². The Bertz CT molecular complexity index is 658. The molecule has 1 aromatic carbocycles. The Morgan fingerprint density at radius 2 is 1.95 bits per heavy atom. The third kappa shape index (κ3) is 4.08. The highest BCUT2D eigenvalue weighted by molar-refractivity contribution is 6.39. The molecule has 1 aromatic heterocycles. The van der Waals surface area contributed by atoms with Crippen molar-refractivity contribution in [2.24, 2.45) is 0 Å². The largest absolute Gasteiger partial charge is 0.348 e. The van der Waals surface area contributed by atoms with E-state index in [9.17, 15) is 4.79 Å². The fraction of sp³-hybridized carbons (Fsp3) is 0.267. The first-order valence-electron chi connectivity index (χ1n) is 6.85. The maximum Gasteiger partial charge on any atom is 0.270 e. The molecule has 0 fully saturated rings. The minimum Gasteiger partial charge on any atom is -0.348 e. The Hall–Kier alpha value is -1.85. The average Bonchev–Trinajstić information content (AvgIpc) is 2.51. The molecule has 5 nitrogen and oxygen atoms in total. The molecule has 0 aliphatic rings. The van der Waals surface area contributed by atoms with Gasteiger partial charge in [-0.1, -0.05) is 36.2 Å². The molecule has 1 atom stereocenters. The summed E-state index contributed by atoms with van der Waals surface area (Å²) < 4.78 is 0. The third-order valence-electron chi connectivity index (χ3n) is 3.11. The van der Waals surface area contributed by atoms with Crippen molar-refractivity contribution >= 4 is 40.6 Å². The summed E-state index contributed by atoms with van der Waals surface area (Å²) in [7, 11) is 0. The number of hydrogen-bond acceptors (Lipinski definition) is 4. The highest BCUT2D eigenvalue weighted by atomic mass is 35.5. The Labute approximate surface area is 139 Å². The van der Waals surface area contributed by atoms with Crippen molar-refractivity contribution in [3.05, 3.63) is 46.3 Å². The molecule has 0 radical (unpaired) electrons. The molecule has 116 valence electrons. The van der Waals surface area contributed by atoms with E-state index in [-0.39, 0.29) is 17.6 Å². The molecular formula is C15H16Cl2N4O. The van der Waals surface area contributed by atoms with Crippen molar-refractivity contribution in [3.63, 3.8) is 0 Å². The molecular weight excluding hydrogens is 323 g/mol. The van der Waals surface area contributed by atoms with Crippen LogP contribution in [0.4, 0.5) is 11.5 Å². The van der Waals surface area contributed by atoms with Crippen LogP contribution in [-0.4, -0.2) is 21.9 Å². The van der Waals surface area contributed by atoms with Gasteiger partial charge >= 0.3 is 0 Å². The summed E-state index contributed by atoms with van der Waals surface area (Å²) in [5.74, 6) is 0.198. The number of benzene rings is 1. The van der Waals surface area contributed by atoms with E-state index in [4.69, 9.17) is 23.2 Å². The molecule has 0 spiro atoms. The van der Waals surface area contributed by atoms with E-state index >= 15 is 0 Å². The van der Waals surface area contributed by atoms with Crippen LogP contribution >= 0.6 is 23.2 Å². The topological polar surface area (TPSA) is 66.9 Å². The summed E-state index contributed by atoms with van der Waals surface area (Å²) in [5.41, 5.74) is 0.818. The second-order valence-electron chi connectivity index (χ2n) is 4.79. The van der Waals surface area contributed by atoms with Crippen LogP contribution < -0.4 is 10.6 Å². The van der Waals surface area contributed by atoms with E-state index in [0.29, 0.717) is 21.6 Å². The number of amides is 1. The van der Waals surface area contributed by atoms with Crippen molar-refractivity contribution in [1.29, 1.82) is 0 Å². The van der Waals surface area contributed by atoms with Gasteiger partial charge in [-0.25, -0.2) is 9.97 Å². The summed E-state index contributed by atoms with van der Waals surface area (Å²) in [6.07, 6.45) is 2.16. The number of anilines is 2. The summed E-state index contributed by atoms with van der Waals surface area (Å²) in [6, 6.07) is 6.82. The van der Waals surface area contributed by atoms with E-state index in [1.807, 2.05) is 13.8 Å². The second-order valence-corrected chi connectivity index (χ2v) is 5.61. The first-order chi connectivity index (χ1) is 10.5. The maximum absolute atomic E-state index is 12.1. The van der Waals surface area contributed by atoms with Crippen molar-refractivity contribution in [3.8, 4) is 0 Å². The Kier molecular flexibility index (Phi) is 5.57. The van der Waals surface area contributed by atoms with E-state index < -0.39 is 0 Å². The summed E-state index contributed by atoms with van der Waals surface area (Å²) in [4.78, 5) is 20.1. The number of carbonyl (C=O) groups excluding carboxylic acids is 1. The number of hydrogen-bond donors (Lipinski definition) is 2. The van der Waals surface area contributed by atoms with Crippen LogP contribution in [0.15, 0.2) is 30.6 Å². The Morgan fingerprint density at radius 1 is 1.27 bits per heavy atom. The number of halogens is 2. The minimum absolute atomic E-state index is 0.0805. The number of aromatic nitrogens is 2. The van der Waals surface area contributed by atoms with Gasteiger partial charge in [-0.05, 0) is 25.5 Å². The van der Waals surface area contributed by atoms with Crippen molar-refractivity contribution in [1.82, 2.24) is 15.3 Å². The molecule has 1 amide bonds. The first-order valence-corrected chi connectivity index (χ1v) is 7.60. The smallest absolute Gasteiger partial charge is 0.270 e. The number of nitrogens with zero attached hydrogens (tertiary/aromatic N) is 2. The predicted molar refractivity (Wildman–Crippen MR) is 89.0 cm³/mol. The molecule has 1 heterocycles. The van der Waals surface area contributed by atoms with Crippen LogP contribution in [0, 0.1) is 0 Å². The normalized spacial score (nSPS) is 11.8. The first kappa shape index (κ1) is 16.5. The SMILES string of the molecule is CCC(C)NC(=O)c1cc(Nc2c(Cl)cccc2Cl)ncn1. The van der Waals surface area contributed by atoms with Crippen LogP contribution in [0.25, 0.3) is 0 Å². The van der Waals surface area contributed by atoms with Gasteiger partial charge in [0.05, 0.1) is 15.7 Å². The third-order valence-corrected chi connectivity index (χ3v) is 3.74. The van der Waals surface area contributed by atoms with Crippen LogP contribution in [0.3, 0.4) is 0 Å². The predicted octanol–water partition coefficient (Wildman–Crippen LogP) is 4.06. The molecule has 0 saturated carbocycles. The van der Waals surface area contributed by atoms with Gasteiger partial charge < -0.3 is 10.6 Å². The average molecular weight is 339 g/mol. The Balaban J connectivity index is 2.20. The second kappa shape index (κ2) is 7.42. The van der Waals surface area contributed by atoms with Crippen molar-refractivity contribution in [2.45, 2.75) is 26.3 Å². The number of carbonyl (C=O) groups is 1. The lowest BCUT2D eigenvalue weighted by Gasteiger charge is -2.12. The lowest BCUT2D eigenvalue weighted by molar-refractivity contribution is 0.0934. The fourth-order valence-electron chi connectivity index (χ4n) is 1.69. The van der Waals surface area contributed by atoms with Gasteiger partial charge in [0, 0.05) is 12.1 Å². The van der Waals surface area contributed by atoms with E-state index in [0.717, 1.165) is 6.42 Å². The van der Waals surface area contributed by atoms with Gasteiger partial charge in [0.25, 0.3) is 5.91 Å². The molecule has 0 aliphatic heterocycles. The standard InChI is InChI=1S/C15H16Cl2N4O/c1-3-9(2)20-15(22)12-7-13(19-8-18-12)21-14-10(16)5-4-6-11(14)17/h4-9H,3H2,1-2H3,(H,20,22)(H,18,19,21). The summed E-state index contributed by atoms with van der Waals surface area (Å²) >= 11 is 12.2. The molecule has 7 heteroatoms. The lowest BCUT2D eigenvalue weighted by Crippen LogP contribution is -2.32. The molecule has 2 N–H and O–H groups in total. The van der Waals surface area contributed by atoms with Crippen molar-refractivity contribution in [2.75, 3.05) is 5.32 Å². The zero-order valence-electron chi connectivity index (χ0n) is 12.2. The van der Waals surface area contributed by atoms with Crippen LogP contribution in [0.5, 0.6) is 0 Å². The zero-order chi connectivity index (χ0) is 16.1. The number of nitrogens with one attached hydrogen (secondary N) is 2. The quantitative estimate of drug-likeness (QED) is 0.862. The monoisotopic (exact) mass is 338 g/mol. The van der Waals surface area contributed by atoms with Crippen LogP contribution in [0.1, 0.15) is 30.8 Å². The van der Waals surface area contributed by atoms with Crippen molar-refractivity contribution < 1.29 is 4.79 Å². The summed E-state index contributed by atoms with van der Waals surface area (Å²) in [5, 5.41) is 6.80. The molecule has 2 aromatic rings. The van der Waals surface area contributed by atoms with Crippen LogP contribution in [-0.2, 0) is 0 Å². The van der Waals surface area contributed by atoms with Gasteiger partial charge in [0.1, 0.15) is 17.8 Å².